The van der Waals surface area contributed by atoms with Crippen molar-refractivity contribution in [3.63, 3.8) is 0 Å². The molecule has 0 saturated carbocycles. The van der Waals surface area contributed by atoms with E-state index in [1.165, 1.54) is 11.6 Å². The minimum Gasteiger partial charge on any atom is -0.342 e. The Morgan fingerprint density at radius 1 is 0.914 bits per heavy atom. The molecule has 1 aromatic heterocycles. The highest BCUT2D eigenvalue weighted by atomic mass is 35.5. The second-order valence-electron chi connectivity index (χ2n) is 8.33. The molecule has 176 valence electrons. The van der Waals surface area contributed by atoms with Gasteiger partial charge in [0.15, 0.2) is 0 Å². The Kier molecular flexibility index (Phi) is 6.50. The van der Waals surface area contributed by atoms with Gasteiger partial charge in [0.2, 0.25) is 0 Å². The van der Waals surface area contributed by atoms with E-state index in [0.717, 1.165) is 45.1 Å². The lowest BCUT2D eigenvalue weighted by molar-refractivity contribution is -0.123. The molecule has 5 rings (SSSR count). The number of carbonyl (C=O) groups is 2. The number of carbonyl (C=O) groups excluding carboxylic acids is 2. The van der Waals surface area contributed by atoms with Crippen LogP contribution in [0.3, 0.4) is 0 Å². The van der Waals surface area contributed by atoms with Gasteiger partial charge in [0, 0.05) is 34.3 Å². The summed E-state index contributed by atoms with van der Waals surface area (Å²) in [5.41, 5.74) is 4.40. The molecule has 0 N–H and O–H groups in total. The summed E-state index contributed by atoms with van der Waals surface area (Å²) in [6.07, 6.45) is 4.61. The van der Waals surface area contributed by atoms with E-state index in [1.807, 2.05) is 42.6 Å². The fraction of sp³-hybridized carbons (Fsp3) is 0.143. The van der Waals surface area contributed by atoms with E-state index < -0.39 is 17.0 Å². The lowest BCUT2D eigenvalue weighted by Crippen LogP contribution is -2.27. The quantitative estimate of drug-likeness (QED) is 0.259. The molecule has 1 fully saturated rings. The van der Waals surface area contributed by atoms with Crippen LogP contribution in [0.5, 0.6) is 0 Å². The highest BCUT2D eigenvalue weighted by Crippen LogP contribution is 2.36. The van der Waals surface area contributed by atoms with Crippen molar-refractivity contribution in [2.45, 2.75) is 26.4 Å². The van der Waals surface area contributed by atoms with Crippen LogP contribution in [-0.2, 0) is 24.3 Å². The van der Waals surface area contributed by atoms with Gasteiger partial charge in [-0.2, -0.15) is 0 Å². The average Bonchev–Trinajstić information content (AvgIpc) is 3.33. The number of thioether (sulfide) groups is 1. The number of aromatic nitrogens is 1. The summed E-state index contributed by atoms with van der Waals surface area (Å²) in [5, 5.41) is 1.29. The van der Waals surface area contributed by atoms with Crippen LogP contribution in [0.25, 0.3) is 17.0 Å². The largest absolute Gasteiger partial charge is 0.342 e. The van der Waals surface area contributed by atoms with Gasteiger partial charge in [-0.1, -0.05) is 73.1 Å². The Morgan fingerprint density at radius 3 is 2.37 bits per heavy atom. The molecule has 0 atom stereocenters. The summed E-state index contributed by atoms with van der Waals surface area (Å²) in [7, 11) is 0. The minimum absolute atomic E-state index is 0.0943. The molecule has 1 aliphatic rings. The van der Waals surface area contributed by atoms with Crippen LogP contribution in [-0.4, -0.2) is 20.6 Å². The van der Waals surface area contributed by atoms with Crippen LogP contribution < -0.4 is 0 Å². The fourth-order valence-electron chi connectivity index (χ4n) is 4.38. The van der Waals surface area contributed by atoms with E-state index in [4.69, 9.17) is 11.6 Å². The molecule has 35 heavy (non-hydrogen) atoms. The van der Waals surface area contributed by atoms with Gasteiger partial charge in [-0.05, 0) is 47.5 Å². The molecule has 0 spiro atoms. The van der Waals surface area contributed by atoms with Crippen LogP contribution in [0.1, 0.15) is 29.2 Å². The number of halogens is 2. The minimum atomic E-state index is -0.440. The first-order valence-corrected chi connectivity index (χ1v) is 12.5. The number of rotatable bonds is 6. The number of hydrogen-bond acceptors (Lipinski definition) is 3. The number of hydrogen-bond donors (Lipinski definition) is 0. The van der Waals surface area contributed by atoms with Crippen molar-refractivity contribution in [2.75, 3.05) is 0 Å². The SMILES string of the molecule is CCc1cccc2c(/C=C3\SC(=O)N(Cc4ccccc4F)C3=O)cn(Cc3ccccc3Cl)c12. The summed E-state index contributed by atoms with van der Waals surface area (Å²) in [6, 6.07) is 20.0. The number of nitrogens with zero attached hydrogens (tertiary/aromatic N) is 2. The summed E-state index contributed by atoms with van der Waals surface area (Å²) in [4.78, 5) is 27.2. The maximum Gasteiger partial charge on any atom is 0.293 e. The monoisotopic (exact) mass is 504 g/mol. The molecule has 1 saturated heterocycles. The molecule has 4 nitrogen and oxygen atoms in total. The number of amides is 2. The standard InChI is InChI=1S/C28H22ClFN2O2S/c1-2-18-10-7-11-22-21(16-31(26(18)22)15-19-8-3-5-12-23(19)29)14-25-27(33)32(28(34)35-25)17-20-9-4-6-13-24(20)30/h3-14,16H,2,15,17H2,1H3/b25-14-. The first-order chi connectivity index (χ1) is 17.0. The third kappa shape index (κ3) is 4.51. The second-order valence-corrected chi connectivity index (χ2v) is 9.73. The second kappa shape index (κ2) is 9.72. The van der Waals surface area contributed by atoms with Gasteiger partial charge in [-0.25, -0.2) is 4.39 Å². The van der Waals surface area contributed by atoms with Crippen molar-refractivity contribution in [1.29, 1.82) is 0 Å². The van der Waals surface area contributed by atoms with Crippen LogP contribution in [0.15, 0.2) is 77.8 Å². The van der Waals surface area contributed by atoms with E-state index >= 15 is 0 Å². The van der Waals surface area contributed by atoms with E-state index in [-0.39, 0.29) is 6.54 Å². The van der Waals surface area contributed by atoms with E-state index in [0.29, 0.717) is 22.0 Å². The Balaban J connectivity index is 1.53. The van der Waals surface area contributed by atoms with Crippen molar-refractivity contribution in [1.82, 2.24) is 9.47 Å². The molecule has 0 radical (unpaired) electrons. The molecular formula is C28H22ClFN2O2S. The zero-order chi connectivity index (χ0) is 24.5. The van der Waals surface area contributed by atoms with E-state index in [2.05, 4.69) is 17.6 Å². The molecule has 1 aliphatic heterocycles. The van der Waals surface area contributed by atoms with Gasteiger partial charge in [-0.15, -0.1) is 0 Å². The van der Waals surface area contributed by atoms with Crippen LogP contribution in [0.2, 0.25) is 5.02 Å². The Hall–Kier alpha value is -3.35. The number of aryl methyl sites for hydroxylation is 1. The van der Waals surface area contributed by atoms with Gasteiger partial charge in [-0.3, -0.25) is 14.5 Å². The molecule has 0 unspecified atom stereocenters. The summed E-state index contributed by atoms with van der Waals surface area (Å²) in [6.45, 7) is 2.59. The molecule has 2 heterocycles. The zero-order valence-electron chi connectivity index (χ0n) is 19.0. The predicted molar refractivity (Wildman–Crippen MR) is 140 cm³/mol. The van der Waals surface area contributed by atoms with Crippen molar-refractivity contribution in [2.24, 2.45) is 0 Å². The maximum atomic E-state index is 14.1. The lowest BCUT2D eigenvalue weighted by atomic mass is 10.1. The van der Waals surface area contributed by atoms with Gasteiger partial charge < -0.3 is 4.57 Å². The Bertz CT molecular complexity index is 1490. The van der Waals surface area contributed by atoms with E-state index in [1.54, 1.807) is 24.3 Å². The fourth-order valence-corrected chi connectivity index (χ4v) is 5.40. The van der Waals surface area contributed by atoms with Crippen LogP contribution in [0, 0.1) is 5.82 Å². The molecule has 2 amide bonds. The summed E-state index contributed by atoms with van der Waals surface area (Å²) < 4.78 is 16.3. The lowest BCUT2D eigenvalue weighted by Gasteiger charge is -2.12. The highest BCUT2D eigenvalue weighted by molar-refractivity contribution is 8.18. The van der Waals surface area contributed by atoms with Crippen molar-refractivity contribution in [3.8, 4) is 0 Å². The molecular weight excluding hydrogens is 483 g/mol. The van der Waals surface area contributed by atoms with E-state index in [9.17, 15) is 14.0 Å². The Morgan fingerprint density at radius 2 is 1.63 bits per heavy atom. The average molecular weight is 505 g/mol. The Labute approximate surface area is 212 Å². The molecule has 0 aliphatic carbocycles. The molecule has 0 bridgehead atoms. The number of benzene rings is 3. The zero-order valence-corrected chi connectivity index (χ0v) is 20.6. The summed E-state index contributed by atoms with van der Waals surface area (Å²) >= 11 is 7.31. The van der Waals surface area contributed by atoms with Gasteiger partial charge in [0.05, 0.1) is 17.0 Å². The molecule has 7 heteroatoms. The first-order valence-electron chi connectivity index (χ1n) is 11.3. The van der Waals surface area contributed by atoms with Crippen molar-refractivity contribution in [3.05, 3.63) is 111 Å². The summed E-state index contributed by atoms with van der Waals surface area (Å²) in [5.74, 6) is -0.854. The van der Waals surface area contributed by atoms with Crippen molar-refractivity contribution >= 4 is 51.5 Å². The van der Waals surface area contributed by atoms with Gasteiger partial charge in [0.1, 0.15) is 5.82 Å². The topological polar surface area (TPSA) is 42.3 Å². The van der Waals surface area contributed by atoms with Crippen LogP contribution >= 0.6 is 23.4 Å². The number of fused-ring (bicyclic) bond motifs is 1. The normalized spacial score (nSPS) is 15.1. The van der Waals surface area contributed by atoms with Gasteiger partial charge in [0.25, 0.3) is 11.1 Å². The third-order valence-corrected chi connectivity index (χ3v) is 7.41. The molecule has 3 aromatic carbocycles. The number of imide groups is 1. The van der Waals surface area contributed by atoms with Crippen LogP contribution in [0.4, 0.5) is 9.18 Å². The van der Waals surface area contributed by atoms with Crippen molar-refractivity contribution < 1.29 is 14.0 Å². The first kappa shape index (κ1) is 23.4. The third-order valence-electron chi connectivity index (χ3n) is 6.14. The molecule has 4 aromatic rings. The number of para-hydroxylation sites is 1. The highest BCUT2D eigenvalue weighted by Gasteiger charge is 2.35. The van der Waals surface area contributed by atoms with Gasteiger partial charge >= 0.3 is 0 Å². The maximum absolute atomic E-state index is 14.1. The predicted octanol–water partition coefficient (Wildman–Crippen LogP) is 7.28. The smallest absolute Gasteiger partial charge is 0.293 e.